The molecule has 0 saturated heterocycles. The van der Waals surface area contributed by atoms with Gasteiger partial charge < -0.3 is 10.5 Å². The van der Waals surface area contributed by atoms with Crippen LogP contribution in [0.2, 0.25) is 0 Å². The van der Waals surface area contributed by atoms with E-state index in [1.165, 1.54) is 13.2 Å². The molecular weight excluding hydrogens is 301 g/mol. The number of hydrogen-bond acceptors (Lipinski definition) is 3. The fourth-order valence-corrected chi connectivity index (χ4v) is 2.48. The quantitative estimate of drug-likeness (QED) is 0.947. The minimum Gasteiger partial charge on any atom is -0.494 e. The van der Waals surface area contributed by atoms with E-state index in [0.29, 0.717) is 17.8 Å². The van der Waals surface area contributed by atoms with Crippen molar-refractivity contribution in [2.24, 2.45) is 12.8 Å². The van der Waals surface area contributed by atoms with Gasteiger partial charge in [0.1, 0.15) is 5.69 Å². The molecule has 0 bridgehead atoms. The number of halogens is 2. The van der Waals surface area contributed by atoms with Crippen LogP contribution in [0.3, 0.4) is 0 Å². The molecule has 1 aromatic heterocycles. The third kappa shape index (κ3) is 2.13. The van der Waals surface area contributed by atoms with E-state index >= 15 is 0 Å². The van der Waals surface area contributed by atoms with Gasteiger partial charge in [-0.1, -0.05) is 0 Å². The van der Waals surface area contributed by atoms with Crippen molar-refractivity contribution in [2.45, 2.75) is 6.54 Å². The molecule has 0 aliphatic rings. The van der Waals surface area contributed by atoms with E-state index in [1.54, 1.807) is 23.9 Å². The van der Waals surface area contributed by atoms with Crippen LogP contribution >= 0.6 is 15.9 Å². The second-order valence-corrected chi connectivity index (χ2v) is 4.58. The van der Waals surface area contributed by atoms with Crippen LogP contribution in [0.15, 0.2) is 22.7 Å². The van der Waals surface area contributed by atoms with Gasteiger partial charge in [0.2, 0.25) is 0 Å². The van der Waals surface area contributed by atoms with Gasteiger partial charge in [-0.05, 0) is 34.1 Å². The van der Waals surface area contributed by atoms with Crippen LogP contribution in [0.25, 0.3) is 11.3 Å². The molecule has 96 valence electrons. The first-order valence-corrected chi connectivity index (χ1v) is 6.13. The highest BCUT2D eigenvalue weighted by molar-refractivity contribution is 9.10. The molecule has 0 fully saturated rings. The number of nitrogens with two attached hydrogens (primary N) is 1. The Morgan fingerprint density at radius 2 is 2.22 bits per heavy atom. The van der Waals surface area contributed by atoms with Crippen LogP contribution in [0.1, 0.15) is 5.69 Å². The Labute approximate surface area is 113 Å². The highest BCUT2D eigenvalue weighted by Gasteiger charge is 2.15. The van der Waals surface area contributed by atoms with E-state index < -0.39 is 5.82 Å². The van der Waals surface area contributed by atoms with Gasteiger partial charge in [0.05, 0.1) is 17.3 Å². The second-order valence-electron chi connectivity index (χ2n) is 3.79. The molecule has 2 aromatic rings. The monoisotopic (exact) mass is 313 g/mol. The van der Waals surface area contributed by atoms with Crippen molar-refractivity contribution in [1.29, 1.82) is 0 Å². The van der Waals surface area contributed by atoms with E-state index in [0.717, 1.165) is 10.2 Å². The topological polar surface area (TPSA) is 53.1 Å². The minimum absolute atomic E-state index is 0.213. The molecule has 0 unspecified atom stereocenters. The first-order chi connectivity index (χ1) is 8.58. The molecule has 0 radical (unpaired) electrons. The van der Waals surface area contributed by atoms with Crippen molar-refractivity contribution in [1.82, 2.24) is 9.78 Å². The SMILES string of the molecule is COc1ccc(-c2nn(C)c(CN)c2Br)cc1F. The summed E-state index contributed by atoms with van der Waals surface area (Å²) in [7, 11) is 3.23. The van der Waals surface area contributed by atoms with Crippen molar-refractivity contribution < 1.29 is 9.13 Å². The van der Waals surface area contributed by atoms with E-state index in [1.807, 2.05) is 0 Å². The molecule has 18 heavy (non-hydrogen) atoms. The molecule has 0 amide bonds. The molecule has 2 rings (SSSR count). The Hall–Kier alpha value is -1.40. The molecule has 6 heteroatoms. The maximum absolute atomic E-state index is 13.7. The number of ether oxygens (including phenoxy) is 1. The average molecular weight is 314 g/mol. The van der Waals surface area contributed by atoms with E-state index in [2.05, 4.69) is 21.0 Å². The van der Waals surface area contributed by atoms with Crippen LogP contribution in [0, 0.1) is 5.82 Å². The normalized spacial score (nSPS) is 10.7. The summed E-state index contributed by atoms with van der Waals surface area (Å²) in [6.07, 6.45) is 0. The fourth-order valence-electron chi connectivity index (χ4n) is 1.75. The lowest BCUT2D eigenvalue weighted by atomic mass is 10.1. The standard InChI is InChI=1S/C12H13BrFN3O/c1-17-9(6-15)11(13)12(16-17)7-3-4-10(18-2)8(14)5-7/h3-5H,6,15H2,1-2H3. The lowest BCUT2D eigenvalue weighted by Gasteiger charge is -2.03. The van der Waals surface area contributed by atoms with Crippen molar-refractivity contribution in [3.8, 4) is 17.0 Å². The second kappa shape index (κ2) is 5.07. The van der Waals surface area contributed by atoms with Gasteiger partial charge in [-0.25, -0.2) is 4.39 Å². The number of hydrogen-bond donors (Lipinski definition) is 1. The van der Waals surface area contributed by atoms with Gasteiger partial charge in [-0.3, -0.25) is 4.68 Å². The Morgan fingerprint density at radius 1 is 1.50 bits per heavy atom. The smallest absolute Gasteiger partial charge is 0.165 e. The number of methoxy groups -OCH3 is 1. The zero-order chi connectivity index (χ0) is 13.3. The number of rotatable bonds is 3. The minimum atomic E-state index is -0.415. The summed E-state index contributed by atoms with van der Waals surface area (Å²) in [6.45, 7) is 0.364. The van der Waals surface area contributed by atoms with Gasteiger partial charge in [0, 0.05) is 19.2 Å². The lowest BCUT2D eigenvalue weighted by molar-refractivity contribution is 0.386. The molecule has 0 spiro atoms. The predicted molar refractivity (Wildman–Crippen MR) is 70.7 cm³/mol. The molecular formula is C12H13BrFN3O. The summed E-state index contributed by atoms with van der Waals surface area (Å²) in [6, 6.07) is 4.73. The average Bonchev–Trinajstić information content (AvgIpc) is 2.64. The molecule has 1 aromatic carbocycles. The third-order valence-electron chi connectivity index (χ3n) is 2.72. The Kier molecular flexibility index (Phi) is 3.68. The fraction of sp³-hybridized carbons (Fsp3) is 0.250. The van der Waals surface area contributed by atoms with Gasteiger partial charge in [-0.2, -0.15) is 5.10 Å². The lowest BCUT2D eigenvalue weighted by Crippen LogP contribution is -2.04. The Bertz CT molecular complexity index is 583. The van der Waals surface area contributed by atoms with Crippen molar-refractivity contribution in [3.63, 3.8) is 0 Å². The number of benzene rings is 1. The van der Waals surface area contributed by atoms with Crippen LogP contribution in [0.4, 0.5) is 4.39 Å². The van der Waals surface area contributed by atoms with Gasteiger partial charge in [-0.15, -0.1) is 0 Å². The summed E-state index contributed by atoms with van der Waals surface area (Å²) >= 11 is 3.44. The molecule has 0 atom stereocenters. The van der Waals surface area contributed by atoms with E-state index in [-0.39, 0.29) is 5.75 Å². The Balaban J connectivity index is 2.52. The van der Waals surface area contributed by atoms with Crippen LogP contribution in [-0.2, 0) is 13.6 Å². The first kappa shape index (κ1) is 13.0. The highest BCUT2D eigenvalue weighted by Crippen LogP contribution is 2.32. The largest absolute Gasteiger partial charge is 0.494 e. The van der Waals surface area contributed by atoms with Crippen molar-refractivity contribution in [2.75, 3.05) is 7.11 Å². The molecule has 4 nitrogen and oxygen atoms in total. The molecule has 0 aliphatic heterocycles. The molecule has 0 aliphatic carbocycles. The third-order valence-corrected chi connectivity index (χ3v) is 3.55. The molecule has 0 saturated carbocycles. The zero-order valence-corrected chi connectivity index (χ0v) is 11.7. The van der Waals surface area contributed by atoms with Gasteiger partial charge in [0.25, 0.3) is 0 Å². The predicted octanol–water partition coefficient (Wildman–Crippen LogP) is 2.46. The summed E-state index contributed by atoms with van der Waals surface area (Å²) in [4.78, 5) is 0. The van der Waals surface area contributed by atoms with Gasteiger partial charge >= 0.3 is 0 Å². The van der Waals surface area contributed by atoms with E-state index in [4.69, 9.17) is 10.5 Å². The summed E-state index contributed by atoms with van der Waals surface area (Å²) < 4.78 is 21.0. The van der Waals surface area contributed by atoms with E-state index in [9.17, 15) is 4.39 Å². The number of aromatic nitrogens is 2. The summed E-state index contributed by atoms with van der Waals surface area (Å²) in [5, 5.41) is 4.33. The van der Waals surface area contributed by atoms with Crippen LogP contribution in [-0.4, -0.2) is 16.9 Å². The van der Waals surface area contributed by atoms with Gasteiger partial charge in [0.15, 0.2) is 11.6 Å². The maximum Gasteiger partial charge on any atom is 0.165 e. The molecule has 2 N–H and O–H groups in total. The Morgan fingerprint density at radius 3 is 2.72 bits per heavy atom. The van der Waals surface area contributed by atoms with Crippen molar-refractivity contribution in [3.05, 3.63) is 34.2 Å². The first-order valence-electron chi connectivity index (χ1n) is 5.33. The summed E-state index contributed by atoms with van der Waals surface area (Å²) in [5.74, 6) is -0.202. The highest BCUT2D eigenvalue weighted by atomic mass is 79.9. The van der Waals surface area contributed by atoms with Crippen LogP contribution in [0.5, 0.6) is 5.75 Å². The summed E-state index contributed by atoms with van der Waals surface area (Å²) in [5.41, 5.74) is 7.84. The zero-order valence-electron chi connectivity index (χ0n) is 10.1. The van der Waals surface area contributed by atoms with Crippen molar-refractivity contribution >= 4 is 15.9 Å². The number of aryl methyl sites for hydroxylation is 1. The van der Waals surface area contributed by atoms with Crippen LogP contribution < -0.4 is 10.5 Å². The number of nitrogens with zero attached hydrogens (tertiary/aromatic N) is 2. The maximum atomic E-state index is 13.7. The molecule has 1 heterocycles.